The van der Waals surface area contributed by atoms with Crippen LogP contribution in [-0.4, -0.2) is 29.9 Å². The van der Waals surface area contributed by atoms with Gasteiger partial charge in [-0.3, -0.25) is 0 Å². The van der Waals surface area contributed by atoms with Crippen LogP contribution in [0.3, 0.4) is 0 Å². The van der Waals surface area contributed by atoms with E-state index in [4.69, 9.17) is 21.1 Å². The average Bonchev–Trinajstić information content (AvgIpc) is 3.02. The zero-order chi connectivity index (χ0) is 19.6. The number of hydrogen-bond donors (Lipinski definition) is 0. The number of nitrogens with zero attached hydrogens (tertiary/aromatic N) is 1. The summed E-state index contributed by atoms with van der Waals surface area (Å²) in [6.45, 7) is 3.35. The van der Waals surface area contributed by atoms with E-state index in [1.165, 1.54) is 21.0 Å². The molecule has 142 valence electrons. The molecule has 0 saturated carbocycles. The van der Waals surface area contributed by atoms with Crippen molar-refractivity contribution in [1.82, 2.24) is 4.57 Å². The fraction of sp³-hybridized carbons (Fsp3) is 0.286. The zero-order valence-corrected chi connectivity index (χ0v) is 16.2. The standard InChI is InChI=1S/C21H21ClFNO3/c1-21(2,23)13-27-19-8-7-15(22)11-14(19)12-24-10-9-16-17(20(25)26-3)5-4-6-18(16)24/h4-11H,12-13H2,1-3H3. The molecule has 6 heteroatoms. The number of hydrogen-bond acceptors (Lipinski definition) is 3. The quantitative estimate of drug-likeness (QED) is 0.540. The van der Waals surface area contributed by atoms with Crippen LogP contribution in [-0.2, 0) is 11.3 Å². The van der Waals surface area contributed by atoms with E-state index >= 15 is 0 Å². The number of alkyl halides is 1. The molecule has 0 amide bonds. The first-order chi connectivity index (χ1) is 12.8. The van der Waals surface area contributed by atoms with Gasteiger partial charge >= 0.3 is 5.97 Å². The van der Waals surface area contributed by atoms with E-state index < -0.39 is 5.67 Å². The fourth-order valence-electron chi connectivity index (χ4n) is 2.89. The number of fused-ring (bicyclic) bond motifs is 1. The molecule has 1 heterocycles. The maximum atomic E-state index is 13.8. The van der Waals surface area contributed by atoms with Gasteiger partial charge in [-0.15, -0.1) is 0 Å². The van der Waals surface area contributed by atoms with Gasteiger partial charge in [0.1, 0.15) is 18.0 Å². The van der Waals surface area contributed by atoms with E-state index in [1.54, 1.807) is 24.3 Å². The van der Waals surface area contributed by atoms with Gasteiger partial charge in [0.15, 0.2) is 0 Å². The first-order valence-electron chi connectivity index (χ1n) is 8.55. The molecule has 0 bridgehead atoms. The average molecular weight is 390 g/mol. The second kappa shape index (κ2) is 7.61. The maximum absolute atomic E-state index is 13.8. The highest BCUT2D eigenvalue weighted by atomic mass is 35.5. The molecule has 0 aliphatic carbocycles. The number of carbonyl (C=O) groups is 1. The van der Waals surface area contributed by atoms with Gasteiger partial charge in [0.05, 0.1) is 19.2 Å². The minimum absolute atomic E-state index is 0.0550. The third-order valence-corrected chi connectivity index (χ3v) is 4.39. The molecule has 0 unspecified atom stereocenters. The number of benzene rings is 2. The smallest absolute Gasteiger partial charge is 0.338 e. The van der Waals surface area contributed by atoms with Crippen molar-refractivity contribution in [3.63, 3.8) is 0 Å². The van der Waals surface area contributed by atoms with Crippen molar-refractivity contribution in [2.45, 2.75) is 26.1 Å². The van der Waals surface area contributed by atoms with Gasteiger partial charge < -0.3 is 14.0 Å². The van der Waals surface area contributed by atoms with E-state index in [2.05, 4.69) is 0 Å². The maximum Gasteiger partial charge on any atom is 0.338 e. The van der Waals surface area contributed by atoms with Gasteiger partial charge in [0, 0.05) is 27.7 Å². The first kappa shape index (κ1) is 19.2. The summed E-state index contributed by atoms with van der Waals surface area (Å²) in [6.07, 6.45) is 1.89. The van der Waals surface area contributed by atoms with Crippen LogP contribution < -0.4 is 4.74 Å². The lowest BCUT2D eigenvalue weighted by Crippen LogP contribution is -2.23. The van der Waals surface area contributed by atoms with Crippen LogP contribution in [0.1, 0.15) is 29.8 Å². The van der Waals surface area contributed by atoms with Crippen molar-refractivity contribution >= 4 is 28.5 Å². The Morgan fingerprint density at radius 2 is 2.00 bits per heavy atom. The van der Waals surface area contributed by atoms with Gasteiger partial charge in [-0.25, -0.2) is 9.18 Å². The van der Waals surface area contributed by atoms with Gasteiger partial charge in [-0.05, 0) is 50.2 Å². The molecule has 3 rings (SSSR count). The third kappa shape index (κ3) is 4.42. The van der Waals surface area contributed by atoms with Crippen LogP contribution >= 0.6 is 11.6 Å². The van der Waals surface area contributed by atoms with Crippen LogP contribution in [0.4, 0.5) is 4.39 Å². The number of methoxy groups -OCH3 is 1. The summed E-state index contributed by atoms with van der Waals surface area (Å²) in [6, 6.07) is 12.6. The molecule has 0 saturated heterocycles. The molecule has 0 atom stereocenters. The predicted molar refractivity (Wildman–Crippen MR) is 105 cm³/mol. The van der Waals surface area contributed by atoms with E-state index in [1.807, 2.05) is 29.0 Å². The Balaban J connectivity index is 1.96. The van der Waals surface area contributed by atoms with E-state index in [9.17, 15) is 9.18 Å². The summed E-state index contributed by atoms with van der Waals surface area (Å²) in [7, 11) is 1.36. The van der Waals surface area contributed by atoms with E-state index in [0.29, 0.717) is 22.9 Å². The number of halogens is 2. The summed E-state index contributed by atoms with van der Waals surface area (Å²) in [5, 5.41) is 1.38. The third-order valence-electron chi connectivity index (χ3n) is 4.15. The minimum Gasteiger partial charge on any atom is -0.490 e. The highest BCUT2D eigenvalue weighted by molar-refractivity contribution is 6.30. The van der Waals surface area contributed by atoms with Crippen LogP contribution in [0.15, 0.2) is 48.7 Å². The van der Waals surface area contributed by atoms with Crippen LogP contribution in [0.2, 0.25) is 5.02 Å². The Labute approximate surface area is 162 Å². The Morgan fingerprint density at radius 3 is 2.70 bits per heavy atom. The van der Waals surface area contributed by atoms with Crippen molar-refractivity contribution in [2.75, 3.05) is 13.7 Å². The molecule has 1 aromatic heterocycles. The zero-order valence-electron chi connectivity index (χ0n) is 15.5. The van der Waals surface area contributed by atoms with Crippen LogP contribution in [0, 0.1) is 0 Å². The van der Waals surface area contributed by atoms with Crippen molar-refractivity contribution in [1.29, 1.82) is 0 Å². The lowest BCUT2D eigenvalue weighted by Gasteiger charge is -2.18. The van der Waals surface area contributed by atoms with Crippen molar-refractivity contribution in [3.8, 4) is 5.75 Å². The Kier molecular flexibility index (Phi) is 5.42. The van der Waals surface area contributed by atoms with Crippen molar-refractivity contribution in [2.24, 2.45) is 0 Å². The molecule has 0 spiro atoms. The Morgan fingerprint density at radius 1 is 1.22 bits per heavy atom. The Bertz CT molecular complexity index is 975. The monoisotopic (exact) mass is 389 g/mol. The van der Waals surface area contributed by atoms with Gasteiger partial charge in [-0.2, -0.15) is 0 Å². The molecule has 4 nitrogen and oxygen atoms in total. The summed E-state index contributed by atoms with van der Waals surface area (Å²) in [5.41, 5.74) is 0.782. The normalized spacial score (nSPS) is 11.6. The number of esters is 1. The predicted octanol–water partition coefficient (Wildman–Crippen LogP) is 5.26. The molecule has 0 aliphatic heterocycles. The number of ether oxygens (including phenoxy) is 2. The lowest BCUT2D eigenvalue weighted by molar-refractivity contribution is 0.0603. The van der Waals surface area contributed by atoms with Crippen LogP contribution in [0.5, 0.6) is 5.75 Å². The summed E-state index contributed by atoms with van der Waals surface area (Å²) < 4.78 is 26.3. The molecular weight excluding hydrogens is 369 g/mol. The lowest BCUT2D eigenvalue weighted by atomic mass is 10.1. The number of aromatic nitrogens is 1. The van der Waals surface area contributed by atoms with Gasteiger partial charge in [-0.1, -0.05) is 17.7 Å². The second-order valence-corrected chi connectivity index (χ2v) is 7.37. The van der Waals surface area contributed by atoms with E-state index in [0.717, 1.165) is 16.5 Å². The number of carbonyl (C=O) groups excluding carboxylic acids is 1. The second-order valence-electron chi connectivity index (χ2n) is 6.93. The van der Waals surface area contributed by atoms with Crippen molar-refractivity contribution < 1.29 is 18.7 Å². The summed E-state index contributed by atoms with van der Waals surface area (Å²) in [4.78, 5) is 12.0. The molecule has 27 heavy (non-hydrogen) atoms. The topological polar surface area (TPSA) is 40.5 Å². The SMILES string of the molecule is COC(=O)c1cccc2c1ccn2Cc1cc(Cl)ccc1OCC(C)(C)F. The summed E-state index contributed by atoms with van der Waals surface area (Å²) >= 11 is 6.15. The molecule has 0 radical (unpaired) electrons. The Hall–Kier alpha value is -2.53. The van der Waals surface area contributed by atoms with Gasteiger partial charge in [0.25, 0.3) is 0 Å². The minimum atomic E-state index is -1.44. The summed E-state index contributed by atoms with van der Waals surface area (Å²) in [5.74, 6) is 0.200. The largest absolute Gasteiger partial charge is 0.490 e. The highest BCUT2D eigenvalue weighted by Crippen LogP contribution is 2.28. The highest BCUT2D eigenvalue weighted by Gasteiger charge is 2.18. The molecule has 0 aliphatic rings. The van der Waals surface area contributed by atoms with Crippen molar-refractivity contribution in [3.05, 3.63) is 64.8 Å². The first-order valence-corrected chi connectivity index (χ1v) is 8.92. The van der Waals surface area contributed by atoms with Crippen LogP contribution in [0.25, 0.3) is 10.9 Å². The number of rotatable bonds is 6. The fourth-order valence-corrected chi connectivity index (χ4v) is 3.09. The molecular formula is C21H21ClFNO3. The molecule has 0 N–H and O–H groups in total. The molecule has 0 fully saturated rings. The van der Waals surface area contributed by atoms with Gasteiger partial charge in [0.2, 0.25) is 0 Å². The molecule has 2 aromatic carbocycles. The molecule has 3 aromatic rings. The van der Waals surface area contributed by atoms with E-state index in [-0.39, 0.29) is 12.6 Å².